The molecular weight excluding hydrogens is 432 g/mol. The molecule has 1 saturated heterocycles. The fourth-order valence-electron chi connectivity index (χ4n) is 4.02. The van der Waals surface area contributed by atoms with Crippen molar-refractivity contribution in [2.45, 2.75) is 50.5 Å². The van der Waals surface area contributed by atoms with Crippen molar-refractivity contribution in [3.05, 3.63) is 108 Å². The van der Waals surface area contributed by atoms with Gasteiger partial charge in [-0.2, -0.15) is 0 Å². The van der Waals surface area contributed by atoms with E-state index in [0.29, 0.717) is 19.8 Å². The van der Waals surface area contributed by atoms with Crippen molar-refractivity contribution in [3.8, 4) is 0 Å². The van der Waals surface area contributed by atoms with Crippen LogP contribution < -0.4 is 0 Å². The van der Waals surface area contributed by atoms with Crippen molar-refractivity contribution < 1.29 is 28.8 Å². The summed E-state index contributed by atoms with van der Waals surface area (Å²) < 4.78 is 30.0. The van der Waals surface area contributed by atoms with Gasteiger partial charge >= 0.3 is 0 Å². The summed E-state index contributed by atoms with van der Waals surface area (Å²) in [5.41, 5.74) is 3.10. The molecule has 3 aromatic carbocycles. The Labute approximate surface area is 201 Å². The van der Waals surface area contributed by atoms with E-state index >= 15 is 0 Å². The van der Waals surface area contributed by atoms with Gasteiger partial charge in [0.1, 0.15) is 24.4 Å². The molecule has 1 aliphatic rings. The van der Waals surface area contributed by atoms with Crippen LogP contribution in [0.15, 0.2) is 91.0 Å². The molecular formula is C28H32O6. The van der Waals surface area contributed by atoms with Gasteiger partial charge < -0.3 is 28.8 Å². The van der Waals surface area contributed by atoms with E-state index in [-0.39, 0.29) is 6.61 Å². The maximum atomic E-state index is 11.0. The molecule has 0 bridgehead atoms. The number of benzene rings is 3. The largest absolute Gasteiger partial charge is 0.385 e. The number of aliphatic hydroxyl groups is 1. The molecule has 6 nitrogen and oxygen atoms in total. The molecule has 0 spiro atoms. The monoisotopic (exact) mass is 464 g/mol. The molecule has 1 aliphatic heterocycles. The highest BCUT2D eigenvalue weighted by Gasteiger charge is 2.47. The van der Waals surface area contributed by atoms with Crippen molar-refractivity contribution >= 4 is 0 Å². The zero-order chi connectivity index (χ0) is 23.6. The van der Waals surface area contributed by atoms with Crippen LogP contribution in [0.2, 0.25) is 0 Å². The predicted molar refractivity (Wildman–Crippen MR) is 128 cm³/mol. The lowest BCUT2D eigenvalue weighted by Crippen LogP contribution is -2.60. The van der Waals surface area contributed by atoms with Crippen molar-refractivity contribution in [2.24, 2.45) is 0 Å². The summed E-state index contributed by atoms with van der Waals surface area (Å²) in [5, 5.41) is 11.0. The van der Waals surface area contributed by atoms with Crippen LogP contribution in [0.3, 0.4) is 0 Å². The van der Waals surface area contributed by atoms with Crippen molar-refractivity contribution in [2.75, 3.05) is 13.7 Å². The van der Waals surface area contributed by atoms with E-state index in [1.54, 1.807) is 0 Å². The lowest BCUT2D eigenvalue weighted by Gasteiger charge is -2.43. The average Bonchev–Trinajstić information content (AvgIpc) is 2.89. The van der Waals surface area contributed by atoms with Crippen molar-refractivity contribution in [3.63, 3.8) is 0 Å². The van der Waals surface area contributed by atoms with Crippen LogP contribution in [0.5, 0.6) is 0 Å². The molecule has 3 aromatic rings. The van der Waals surface area contributed by atoms with Gasteiger partial charge in [-0.3, -0.25) is 0 Å². The van der Waals surface area contributed by atoms with Gasteiger partial charge in [-0.05, 0) is 16.7 Å². The smallest absolute Gasteiger partial charge is 0.186 e. The quantitative estimate of drug-likeness (QED) is 0.461. The highest BCUT2D eigenvalue weighted by molar-refractivity contribution is 5.15. The van der Waals surface area contributed by atoms with E-state index in [1.807, 2.05) is 91.0 Å². The lowest BCUT2D eigenvalue weighted by molar-refractivity contribution is -0.313. The van der Waals surface area contributed by atoms with Gasteiger partial charge in [0.15, 0.2) is 6.29 Å². The van der Waals surface area contributed by atoms with Crippen LogP contribution in [-0.2, 0) is 43.5 Å². The van der Waals surface area contributed by atoms with Gasteiger partial charge in [-0.25, -0.2) is 0 Å². The van der Waals surface area contributed by atoms with Crippen LogP contribution in [-0.4, -0.2) is 49.5 Å². The van der Waals surface area contributed by atoms with Crippen LogP contribution in [0.4, 0.5) is 0 Å². The SMILES string of the molecule is COC1O[C@H](COCc2ccccc2)[C@@H](OCc2ccccc2)[C@H](OCc2ccccc2)C1O. The highest BCUT2D eigenvalue weighted by Crippen LogP contribution is 2.28. The molecule has 34 heavy (non-hydrogen) atoms. The molecule has 0 amide bonds. The lowest BCUT2D eigenvalue weighted by atomic mass is 9.98. The van der Waals surface area contributed by atoms with Gasteiger partial charge in [-0.15, -0.1) is 0 Å². The minimum Gasteiger partial charge on any atom is -0.385 e. The molecule has 0 saturated carbocycles. The molecule has 1 fully saturated rings. The molecule has 4 rings (SSSR count). The normalized spacial score (nSPS) is 24.7. The second-order valence-corrected chi connectivity index (χ2v) is 8.29. The average molecular weight is 465 g/mol. The summed E-state index contributed by atoms with van der Waals surface area (Å²) >= 11 is 0. The number of aliphatic hydroxyl groups excluding tert-OH is 1. The first kappa shape index (κ1) is 24.5. The molecule has 0 aromatic heterocycles. The second kappa shape index (κ2) is 12.8. The fourth-order valence-corrected chi connectivity index (χ4v) is 4.02. The Kier molecular flexibility index (Phi) is 9.21. The zero-order valence-corrected chi connectivity index (χ0v) is 19.4. The number of methoxy groups -OCH3 is 1. The van der Waals surface area contributed by atoms with Gasteiger partial charge in [-0.1, -0.05) is 91.0 Å². The molecule has 180 valence electrons. The standard InChI is InChI=1S/C28H32O6/c1-30-28-25(29)27(33-19-23-15-9-4-10-16-23)26(32-18-22-13-7-3-8-14-22)24(34-28)20-31-17-21-11-5-2-6-12-21/h2-16,24-29H,17-20H2,1H3/t24-,25?,26-,27-,28?/m1/s1. The molecule has 0 aliphatic carbocycles. The number of rotatable bonds is 11. The topological polar surface area (TPSA) is 66.4 Å². The Bertz CT molecular complexity index is 952. The summed E-state index contributed by atoms with van der Waals surface area (Å²) in [6.45, 7) is 1.41. The van der Waals surface area contributed by atoms with Crippen LogP contribution in [0, 0.1) is 0 Å². The third-order valence-corrected chi connectivity index (χ3v) is 5.81. The second-order valence-electron chi connectivity index (χ2n) is 8.29. The number of hydrogen-bond acceptors (Lipinski definition) is 6. The van der Waals surface area contributed by atoms with Crippen LogP contribution >= 0.6 is 0 Å². The number of ether oxygens (including phenoxy) is 5. The summed E-state index contributed by atoms with van der Waals surface area (Å²) in [6.07, 6.45) is -3.56. The molecule has 5 atom stereocenters. The number of hydrogen-bond donors (Lipinski definition) is 1. The van der Waals surface area contributed by atoms with Crippen molar-refractivity contribution in [1.82, 2.24) is 0 Å². The van der Waals surface area contributed by atoms with Crippen molar-refractivity contribution in [1.29, 1.82) is 0 Å². The molecule has 1 heterocycles. The van der Waals surface area contributed by atoms with Gasteiger partial charge in [0, 0.05) is 7.11 Å². The minimum absolute atomic E-state index is 0.270. The van der Waals surface area contributed by atoms with Crippen LogP contribution in [0.25, 0.3) is 0 Å². The first-order valence-corrected chi connectivity index (χ1v) is 11.5. The van der Waals surface area contributed by atoms with E-state index in [1.165, 1.54) is 7.11 Å². The van der Waals surface area contributed by atoms with E-state index in [9.17, 15) is 5.11 Å². The molecule has 0 radical (unpaired) electrons. The van der Waals surface area contributed by atoms with Gasteiger partial charge in [0.2, 0.25) is 0 Å². The fraction of sp³-hybridized carbons (Fsp3) is 0.357. The summed E-state index contributed by atoms with van der Waals surface area (Å²) in [4.78, 5) is 0. The zero-order valence-electron chi connectivity index (χ0n) is 19.4. The Hall–Kier alpha value is -2.58. The highest BCUT2D eigenvalue weighted by atomic mass is 16.7. The molecule has 2 unspecified atom stereocenters. The van der Waals surface area contributed by atoms with E-state index in [0.717, 1.165) is 16.7 Å². The van der Waals surface area contributed by atoms with E-state index in [4.69, 9.17) is 23.7 Å². The van der Waals surface area contributed by atoms with Gasteiger partial charge in [0.25, 0.3) is 0 Å². The summed E-state index contributed by atoms with van der Waals surface area (Å²) in [6, 6.07) is 29.7. The summed E-state index contributed by atoms with van der Waals surface area (Å²) in [5.74, 6) is 0. The Morgan fingerprint density at radius 2 is 1.15 bits per heavy atom. The van der Waals surface area contributed by atoms with Crippen LogP contribution in [0.1, 0.15) is 16.7 Å². The third-order valence-electron chi connectivity index (χ3n) is 5.81. The predicted octanol–water partition coefficient (Wildman–Crippen LogP) is 4.11. The summed E-state index contributed by atoms with van der Waals surface area (Å²) in [7, 11) is 1.51. The van der Waals surface area contributed by atoms with E-state index < -0.39 is 30.7 Å². The van der Waals surface area contributed by atoms with E-state index in [2.05, 4.69) is 0 Å². The maximum Gasteiger partial charge on any atom is 0.186 e. The maximum absolute atomic E-state index is 11.0. The Balaban J connectivity index is 1.48. The molecule has 1 N–H and O–H groups in total. The first-order chi connectivity index (χ1) is 16.7. The Morgan fingerprint density at radius 1 is 0.676 bits per heavy atom. The van der Waals surface area contributed by atoms with Gasteiger partial charge in [0.05, 0.1) is 26.4 Å². The third kappa shape index (κ3) is 6.73. The minimum atomic E-state index is -1.01. The molecule has 6 heteroatoms. The Morgan fingerprint density at radius 3 is 1.65 bits per heavy atom. The first-order valence-electron chi connectivity index (χ1n) is 11.5.